The van der Waals surface area contributed by atoms with Crippen molar-refractivity contribution in [3.05, 3.63) is 33.9 Å². The maximum Gasteiger partial charge on any atom is 0.274 e. The van der Waals surface area contributed by atoms with Crippen molar-refractivity contribution in [2.45, 2.75) is 18.9 Å². The SMILES string of the molecule is COc1ccc([N+](=O)[O-])c(C2CCCN2)c1. The van der Waals surface area contributed by atoms with Gasteiger partial charge in [0.25, 0.3) is 5.69 Å². The van der Waals surface area contributed by atoms with Crippen LogP contribution in [0.3, 0.4) is 0 Å². The van der Waals surface area contributed by atoms with Crippen LogP contribution in [0.25, 0.3) is 0 Å². The van der Waals surface area contributed by atoms with E-state index in [1.807, 2.05) is 0 Å². The van der Waals surface area contributed by atoms with Gasteiger partial charge in [-0.2, -0.15) is 0 Å². The van der Waals surface area contributed by atoms with E-state index in [4.69, 9.17) is 4.74 Å². The largest absolute Gasteiger partial charge is 0.497 e. The van der Waals surface area contributed by atoms with Crippen molar-refractivity contribution in [2.75, 3.05) is 13.7 Å². The number of nitrogens with zero attached hydrogens (tertiary/aromatic N) is 1. The highest BCUT2D eigenvalue weighted by molar-refractivity contribution is 5.47. The number of benzene rings is 1. The lowest BCUT2D eigenvalue weighted by Gasteiger charge is -2.12. The maximum atomic E-state index is 10.9. The fourth-order valence-corrected chi connectivity index (χ4v) is 2.05. The summed E-state index contributed by atoms with van der Waals surface area (Å²) in [4.78, 5) is 10.6. The van der Waals surface area contributed by atoms with E-state index in [0.29, 0.717) is 5.75 Å². The van der Waals surface area contributed by atoms with E-state index in [-0.39, 0.29) is 16.7 Å². The van der Waals surface area contributed by atoms with Gasteiger partial charge in [0.15, 0.2) is 0 Å². The van der Waals surface area contributed by atoms with Crippen LogP contribution in [0.5, 0.6) is 5.75 Å². The van der Waals surface area contributed by atoms with Crippen molar-refractivity contribution in [3.8, 4) is 5.75 Å². The Labute approximate surface area is 93.6 Å². The minimum atomic E-state index is -0.339. The molecule has 1 aromatic carbocycles. The summed E-state index contributed by atoms with van der Waals surface area (Å²) in [5.74, 6) is 0.661. The number of nitro benzene ring substituents is 1. The van der Waals surface area contributed by atoms with Crippen LogP contribution in [0.15, 0.2) is 18.2 Å². The molecular formula is C11H14N2O3. The van der Waals surface area contributed by atoms with Crippen LogP contribution in [0.4, 0.5) is 5.69 Å². The highest BCUT2D eigenvalue weighted by atomic mass is 16.6. The number of nitrogens with one attached hydrogen (secondary N) is 1. The van der Waals surface area contributed by atoms with Gasteiger partial charge in [-0.3, -0.25) is 10.1 Å². The lowest BCUT2D eigenvalue weighted by Crippen LogP contribution is -2.14. The Morgan fingerprint density at radius 3 is 2.94 bits per heavy atom. The van der Waals surface area contributed by atoms with Gasteiger partial charge in [-0.25, -0.2) is 0 Å². The van der Waals surface area contributed by atoms with Gasteiger partial charge < -0.3 is 10.1 Å². The molecule has 1 N–H and O–H groups in total. The molecule has 1 unspecified atom stereocenters. The van der Waals surface area contributed by atoms with Gasteiger partial charge in [-0.15, -0.1) is 0 Å². The zero-order valence-corrected chi connectivity index (χ0v) is 9.10. The van der Waals surface area contributed by atoms with Gasteiger partial charge in [0, 0.05) is 12.1 Å². The number of nitro groups is 1. The van der Waals surface area contributed by atoms with E-state index in [9.17, 15) is 10.1 Å². The summed E-state index contributed by atoms with van der Waals surface area (Å²) < 4.78 is 5.10. The van der Waals surface area contributed by atoms with Crippen LogP contribution >= 0.6 is 0 Å². The van der Waals surface area contributed by atoms with Gasteiger partial charge in [-0.05, 0) is 31.5 Å². The first-order valence-corrected chi connectivity index (χ1v) is 5.28. The number of hydrogen-bond acceptors (Lipinski definition) is 4. The molecule has 1 aliphatic rings. The summed E-state index contributed by atoms with van der Waals surface area (Å²) in [5, 5.41) is 14.2. The maximum absolute atomic E-state index is 10.9. The molecule has 0 saturated carbocycles. The second kappa shape index (κ2) is 4.49. The third kappa shape index (κ3) is 1.99. The first-order chi connectivity index (χ1) is 7.72. The Bertz CT molecular complexity index is 400. The number of hydrogen-bond donors (Lipinski definition) is 1. The minimum Gasteiger partial charge on any atom is -0.497 e. The van der Waals surface area contributed by atoms with E-state index < -0.39 is 0 Å². The molecule has 0 aromatic heterocycles. The molecule has 1 heterocycles. The zero-order chi connectivity index (χ0) is 11.5. The smallest absolute Gasteiger partial charge is 0.274 e. The predicted octanol–water partition coefficient (Wildman–Crippen LogP) is 2.03. The average Bonchev–Trinajstić information content (AvgIpc) is 2.81. The fraction of sp³-hybridized carbons (Fsp3) is 0.455. The number of rotatable bonds is 3. The Balaban J connectivity index is 2.40. The van der Waals surface area contributed by atoms with Gasteiger partial charge in [0.2, 0.25) is 0 Å². The molecule has 5 nitrogen and oxygen atoms in total. The third-order valence-corrected chi connectivity index (χ3v) is 2.87. The molecule has 0 amide bonds. The van der Waals surface area contributed by atoms with Gasteiger partial charge in [0.05, 0.1) is 17.6 Å². The molecule has 0 radical (unpaired) electrons. The van der Waals surface area contributed by atoms with Crippen LogP contribution in [0.2, 0.25) is 0 Å². The quantitative estimate of drug-likeness (QED) is 0.627. The van der Waals surface area contributed by atoms with E-state index >= 15 is 0 Å². The van der Waals surface area contributed by atoms with Crippen LogP contribution in [0, 0.1) is 10.1 Å². The Hall–Kier alpha value is -1.62. The monoisotopic (exact) mass is 222 g/mol. The molecule has 0 bridgehead atoms. The molecule has 2 rings (SSSR count). The lowest BCUT2D eigenvalue weighted by atomic mass is 10.0. The normalized spacial score (nSPS) is 19.7. The molecule has 16 heavy (non-hydrogen) atoms. The molecule has 0 spiro atoms. The molecule has 0 aliphatic carbocycles. The summed E-state index contributed by atoms with van der Waals surface area (Å²) in [6.45, 7) is 0.916. The van der Waals surface area contributed by atoms with Crippen molar-refractivity contribution in [1.82, 2.24) is 5.32 Å². The molecule has 86 valence electrons. The van der Waals surface area contributed by atoms with Crippen molar-refractivity contribution in [2.24, 2.45) is 0 Å². The molecule has 1 aromatic rings. The minimum absolute atomic E-state index is 0.0792. The molecule has 1 atom stereocenters. The topological polar surface area (TPSA) is 64.4 Å². The second-order valence-corrected chi connectivity index (χ2v) is 3.83. The van der Waals surface area contributed by atoms with Gasteiger partial charge in [-0.1, -0.05) is 0 Å². The van der Waals surface area contributed by atoms with Crippen LogP contribution in [-0.2, 0) is 0 Å². The lowest BCUT2D eigenvalue weighted by molar-refractivity contribution is -0.385. The zero-order valence-electron chi connectivity index (χ0n) is 9.10. The van der Waals surface area contributed by atoms with Crippen molar-refractivity contribution >= 4 is 5.69 Å². The predicted molar refractivity (Wildman–Crippen MR) is 59.6 cm³/mol. The highest BCUT2D eigenvalue weighted by Gasteiger charge is 2.25. The van der Waals surface area contributed by atoms with Crippen molar-refractivity contribution in [3.63, 3.8) is 0 Å². The van der Waals surface area contributed by atoms with Crippen LogP contribution in [0.1, 0.15) is 24.4 Å². The van der Waals surface area contributed by atoms with E-state index in [1.165, 1.54) is 6.07 Å². The molecule has 1 saturated heterocycles. The molecular weight excluding hydrogens is 208 g/mol. The molecule has 1 aliphatic heterocycles. The fourth-order valence-electron chi connectivity index (χ4n) is 2.05. The second-order valence-electron chi connectivity index (χ2n) is 3.83. The Morgan fingerprint density at radius 1 is 1.56 bits per heavy atom. The van der Waals surface area contributed by atoms with Crippen molar-refractivity contribution < 1.29 is 9.66 Å². The summed E-state index contributed by atoms with van der Waals surface area (Å²) in [7, 11) is 1.56. The summed E-state index contributed by atoms with van der Waals surface area (Å²) >= 11 is 0. The molecule has 5 heteroatoms. The summed E-state index contributed by atoms with van der Waals surface area (Å²) in [6.07, 6.45) is 1.99. The number of methoxy groups -OCH3 is 1. The third-order valence-electron chi connectivity index (χ3n) is 2.87. The standard InChI is InChI=1S/C11H14N2O3/c1-16-8-4-5-11(13(14)15)9(7-8)10-3-2-6-12-10/h4-5,7,10,12H,2-3,6H2,1H3. The van der Waals surface area contributed by atoms with E-state index in [0.717, 1.165) is 24.9 Å². The first-order valence-electron chi connectivity index (χ1n) is 5.28. The van der Waals surface area contributed by atoms with Crippen LogP contribution in [-0.4, -0.2) is 18.6 Å². The van der Waals surface area contributed by atoms with E-state index in [1.54, 1.807) is 19.2 Å². The van der Waals surface area contributed by atoms with E-state index in [2.05, 4.69) is 5.32 Å². The van der Waals surface area contributed by atoms with Crippen molar-refractivity contribution in [1.29, 1.82) is 0 Å². The summed E-state index contributed by atoms with van der Waals surface area (Å²) in [5.41, 5.74) is 0.891. The first kappa shape index (κ1) is 10.9. The van der Waals surface area contributed by atoms with Gasteiger partial charge >= 0.3 is 0 Å². The van der Waals surface area contributed by atoms with Gasteiger partial charge in [0.1, 0.15) is 5.75 Å². The number of ether oxygens (including phenoxy) is 1. The molecule has 1 fully saturated rings. The Kier molecular flexibility index (Phi) is 3.05. The Morgan fingerprint density at radius 2 is 2.38 bits per heavy atom. The van der Waals surface area contributed by atoms with Crippen LogP contribution < -0.4 is 10.1 Å². The highest BCUT2D eigenvalue weighted by Crippen LogP contribution is 2.33. The average molecular weight is 222 g/mol. The summed E-state index contributed by atoms with van der Waals surface area (Å²) in [6, 6.07) is 4.96.